The molecule has 30 heavy (non-hydrogen) atoms. The summed E-state index contributed by atoms with van der Waals surface area (Å²) in [5.41, 5.74) is 6.10. The van der Waals surface area contributed by atoms with Crippen molar-refractivity contribution in [3.63, 3.8) is 0 Å². The van der Waals surface area contributed by atoms with E-state index in [9.17, 15) is 25.0 Å². The van der Waals surface area contributed by atoms with Gasteiger partial charge in [0.2, 0.25) is 11.6 Å². The molecule has 0 radical (unpaired) electrons. The van der Waals surface area contributed by atoms with E-state index in [0.29, 0.717) is 16.9 Å². The number of carbonyl (C=O) groups excluding carboxylic acids is 1. The van der Waals surface area contributed by atoms with Gasteiger partial charge in [-0.05, 0) is 31.2 Å². The quantitative estimate of drug-likeness (QED) is 0.284. The molecule has 3 rings (SSSR count). The van der Waals surface area contributed by atoms with Crippen molar-refractivity contribution < 1.29 is 14.6 Å². The van der Waals surface area contributed by atoms with Gasteiger partial charge in [0, 0.05) is 23.4 Å². The molecule has 3 N–H and O–H groups in total. The molecule has 0 fully saturated rings. The number of rotatable bonds is 8. The Morgan fingerprint density at radius 1 is 0.900 bits per heavy atom. The lowest BCUT2D eigenvalue weighted by molar-refractivity contribution is -0.384. The van der Waals surface area contributed by atoms with E-state index in [-0.39, 0.29) is 23.1 Å². The molecule has 0 bridgehead atoms. The maximum Gasteiger partial charge on any atom is 0.355 e. The van der Waals surface area contributed by atoms with Crippen LogP contribution in [-0.4, -0.2) is 25.6 Å². The largest absolute Gasteiger partial charge is 0.355 e. The van der Waals surface area contributed by atoms with Crippen molar-refractivity contribution in [2.45, 2.75) is 6.92 Å². The summed E-state index contributed by atoms with van der Waals surface area (Å²) in [5, 5.41) is 25.2. The summed E-state index contributed by atoms with van der Waals surface area (Å²) in [6.07, 6.45) is 1.13. The van der Waals surface area contributed by atoms with E-state index in [1.165, 1.54) is 31.2 Å². The van der Waals surface area contributed by atoms with Crippen LogP contribution in [0.4, 0.5) is 34.4 Å². The fourth-order valence-electron chi connectivity index (χ4n) is 2.49. The highest BCUT2D eigenvalue weighted by atomic mass is 16.6. The number of ketones is 1. The molecule has 12 heteroatoms. The molecule has 0 saturated carbocycles. The maximum atomic E-state index is 11.6. The van der Waals surface area contributed by atoms with Crippen molar-refractivity contribution in [1.29, 1.82) is 0 Å². The highest BCUT2D eigenvalue weighted by molar-refractivity contribution is 5.95. The molecular formula is C18H15N7O5. The number of nitro benzene ring substituents is 1. The Kier molecular flexibility index (Phi) is 5.77. The van der Waals surface area contributed by atoms with Crippen LogP contribution in [0, 0.1) is 20.2 Å². The van der Waals surface area contributed by atoms with Crippen LogP contribution in [-0.2, 0) is 0 Å². The smallest absolute Gasteiger partial charge is 0.334 e. The highest BCUT2D eigenvalue weighted by Crippen LogP contribution is 2.31. The van der Waals surface area contributed by atoms with Gasteiger partial charge in [-0.15, -0.1) is 0 Å². The molecule has 1 aromatic heterocycles. The molecule has 0 atom stereocenters. The lowest BCUT2D eigenvalue weighted by atomic mass is 10.1. The first-order chi connectivity index (χ1) is 14.3. The van der Waals surface area contributed by atoms with Gasteiger partial charge in [0.05, 0.1) is 15.5 Å². The first-order valence-corrected chi connectivity index (χ1v) is 8.49. The molecule has 0 aliphatic heterocycles. The molecule has 0 aliphatic carbocycles. The number of Topliss-reactive ketones (excluding diaryl/α,β-unsaturated/α-hetero) is 1. The van der Waals surface area contributed by atoms with Gasteiger partial charge in [-0.25, -0.2) is 9.97 Å². The van der Waals surface area contributed by atoms with Crippen molar-refractivity contribution in [2.75, 3.05) is 16.2 Å². The van der Waals surface area contributed by atoms with E-state index in [2.05, 4.69) is 26.1 Å². The second-order valence-electron chi connectivity index (χ2n) is 5.99. The van der Waals surface area contributed by atoms with E-state index in [1.807, 2.05) is 0 Å². The lowest BCUT2D eigenvalue weighted by Gasteiger charge is -2.12. The third kappa shape index (κ3) is 4.62. The number of hydrogen-bond donors (Lipinski definition) is 3. The van der Waals surface area contributed by atoms with Crippen molar-refractivity contribution in [3.8, 4) is 0 Å². The van der Waals surface area contributed by atoms with E-state index in [0.717, 1.165) is 6.33 Å². The van der Waals surface area contributed by atoms with Crippen LogP contribution < -0.4 is 16.2 Å². The molecule has 2 aromatic carbocycles. The Balaban J connectivity index is 1.84. The summed E-state index contributed by atoms with van der Waals surface area (Å²) in [5.74, 6) is -0.354. The van der Waals surface area contributed by atoms with Gasteiger partial charge in [0.25, 0.3) is 5.69 Å². The average Bonchev–Trinajstić information content (AvgIpc) is 2.72. The third-order valence-electron chi connectivity index (χ3n) is 3.94. The Labute approximate surface area is 169 Å². The number of hydrazine groups is 1. The van der Waals surface area contributed by atoms with E-state index < -0.39 is 15.5 Å². The summed E-state index contributed by atoms with van der Waals surface area (Å²) >= 11 is 0. The second kappa shape index (κ2) is 8.60. The number of aromatic nitrogens is 2. The predicted octanol–water partition coefficient (Wildman–Crippen LogP) is 3.68. The Bertz CT molecular complexity index is 1120. The van der Waals surface area contributed by atoms with E-state index in [4.69, 9.17) is 0 Å². The zero-order chi connectivity index (χ0) is 21.7. The van der Waals surface area contributed by atoms with E-state index in [1.54, 1.807) is 24.3 Å². The fraction of sp³-hybridized carbons (Fsp3) is 0.0556. The van der Waals surface area contributed by atoms with Crippen LogP contribution in [0.15, 0.2) is 54.9 Å². The third-order valence-corrected chi connectivity index (χ3v) is 3.94. The zero-order valence-corrected chi connectivity index (χ0v) is 15.5. The average molecular weight is 409 g/mol. The van der Waals surface area contributed by atoms with Crippen molar-refractivity contribution in [3.05, 3.63) is 80.7 Å². The first-order valence-electron chi connectivity index (χ1n) is 8.49. The topological polar surface area (TPSA) is 165 Å². The second-order valence-corrected chi connectivity index (χ2v) is 5.99. The fourth-order valence-corrected chi connectivity index (χ4v) is 2.49. The monoisotopic (exact) mass is 409 g/mol. The number of nitro groups is 2. The number of carbonyl (C=O) groups is 1. The molecule has 0 amide bonds. The number of non-ortho nitro benzene ring substituents is 1. The summed E-state index contributed by atoms with van der Waals surface area (Å²) in [7, 11) is 0. The number of anilines is 4. The summed E-state index contributed by atoms with van der Waals surface area (Å²) in [6, 6.07) is 11.9. The highest BCUT2D eigenvalue weighted by Gasteiger charge is 2.23. The molecule has 0 saturated heterocycles. The van der Waals surface area contributed by atoms with Gasteiger partial charge in [-0.3, -0.25) is 35.9 Å². The summed E-state index contributed by atoms with van der Waals surface area (Å²) in [4.78, 5) is 40.5. The van der Waals surface area contributed by atoms with Crippen LogP contribution in [0.2, 0.25) is 0 Å². The SMILES string of the molecule is CC(=O)c1cccc(Nc2ncnc(NNc3ccc([N+](=O)[O-])cc3)c2[N+](=O)[O-])c1. The predicted molar refractivity (Wildman–Crippen MR) is 109 cm³/mol. The Morgan fingerprint density at radius 2 is 1.60 bits per heavy atom. The minimum Gasteiger partial charge on any atom is -0.334 e. The van der Waals surface area contributed by atoms with Gasteiger partial charge in [-0.2, -0.15) is 0 Å². The van der Waals surface area contributed by atoms with Crippen molar-refractivity contribution >= 4 is 40.2 Å². The van der Waals surface area contributed by atoms with Crippen LogP contribution in [0.5, 0.6) is 0 Å². The Hall–Kier alpha value is -4.61. The van der Waals surface area contributed by atoms with Gasteiger partial charge < -0.3 is 5.32 Å². The minimum atomic E-state index is -0.656. The molecule has 1 heterocycles. The van der Waals surface area contributed by atoms with Crippen LogP contribution >= 0.6 is 0 Å². The molecule has 12 nitrogen and oxygen atoms in total. The zero-order valence-electron chi connectivity index (χ0n) is 15.5. The number of nitrogens with zero attached hydrogens (tertiary/aromatic N) is 4. The summed E-state index contributed by atoms with van der Waals surface area (Å²) in [6.45, 7) is 1.41. The molecule has 0 aliphatic rings. The molecular weight excluding hydrogens is 394 g/mol. The van der Waals surface area contributed by atoms with Crippen molar-refractivity contribution in [1.82, 2.24) is 9.97 Å². The lowest BCUT2D eigenvalue weighted by Crippen LogP contribution is -2.13. The summed E-state index contributed by atoms with van der Waals surface area (Å²) < 4.78 is 0. The van der Waals surface area contributed by atoms with Gasteiger partial charge >= 0.3 is 5.69 Å². The molecule has 0 unspecified atom stereocenters. The normalized spacial score (nSPS) is 10.2. The maximum absolute atomic E-state index is 11.6. The molecule has 3 aromatic rings. The molecule has 152 valence electrons. The minimum absolute atomic E-state index is 0.0799. The van der Waals surface area contributed by atoms with Gasteiger partial charge in [0.15, 0.2) is 5.78 Å². The van der Waals surface area contributed by atoms with Crippen LogP contribution in [0.25, 0.3) is 0 Å². The Morgan fingerprint density at radius 3 is 2.23 bits per heavy atom. The van der Waals surface area contributed by atoms with E-state index >= 15 is 0 Å². The van der Waals surface area contributed by atoms with Gasteiger partial charge in [0.1, 0.15) is 6.33 Å². The van der Waals surface area contributed by atoms with Crippen LogP contribution in [0.1, 0.15) is 17.3 Å². The van der Waals surface area contributed by atoms with Crippen molar-refractivity contribution in [2.24, 2.45) is 0 Å². The van der Waals surface area contributed by atoms with Gasteiger partial charge in [-0.1, -0.05) is 12.1 Å². The number of hydrogen-bond acceptors (Lipinski definition) is 10. The first kappa shape index (κ1) is 20.1. The standard InChI is InChI=1S/C18H15N7O5/c1-11(26)12-3-2-4-14(9-12)21-17-16(25(29)30)18(20-10-19-17)23-22-13-5-7-15(8-6-13)24(27)28/h2-10,22H,1H3,(H2,19,20,21,23). The molecule has 0 spiro atoms. The number of nitrogens with one attached hydrogen (secondary N) is 3. The number of benzene rings is 2. The van der Waals surface area contributed by atoms with Crippen LogP contribution in [0.3, 0.4) is 0 Å².